The molecule has 0 radical (unpaired) electrons. The third-order valence-corrected chi connectivity index (χ3v) is 3.66. The summed E-state index contributed by atoms with van der Waals surface area (Å²) in [4.78, 5) is 21.5. The average molecular weight is 281 g/mol. The van der Waals surface area contributed by atoms with Crippen LogP contribution in [0.2, 0.25) is 0 Å². The summed E-state index contributed by atoms with van der Waals surface area (Å²) in [6.45, 7) is 4.34. The van der Waals surface area contributed by atoms with Crippen LogP contribution in [0.25, 0.3) is 10.2 Å². The van der Waals surface area contributed by atoms with Crippen LogP contribution in [0.15, 0.2) is 11.6 Å². The fourth-order valence-corrected chi connectivity index (χ4v) is 2.64. The Balaban J connectivity index is 2.49. The van der Waals surface area contributed by atoms with Crippen molar-refractivity contribution >= 4 is 33.5 Å². The summed E-state index contributed by atoms with van der Waals surface area (Å²) in [6, 6.07) is 0.122. The lowest BCUT2D eigenvalue weighted by Crippen LogP contribution is -2.34. The Hall–Kier alpha value is -1.73. The van der Waals surface area contributed by atoms with E-state index in [4.69, 9.17) is 10.2 Å². The average Bonchev–Trinajstić information content (AvgIpc) is 2.78. The molecular formula is C12H15N3O3S. The zero-order valence-electron chi connectivity index (χ0n) is 10.7. The fourth-order valence-electron chi connectivity index (χ4n) is 1.81. The van der Waals surface area contributed by atoms with E-state index in [1.165, 1.54) is 11.3 Å². The first-order valence-corrected chi connectivity index (χ1v) is 6.77. The molecule has 2 N–H and O–H groups in total. The van der Waals surface area contributed by atoms with Crippen molar-refractivity contribution in [2.75, 3.05) is 18.1 Å². The standard InChI is InChI=1S/C12H15N3O3S/c1-7(2)15(3-4-16)12-13-5-9-10(14-12)8(6-19-9)11(17)18/h5-7,16H,3-4H2,1-2H3,(H,17,18). The maximum Gasteiger partial charge on any atom is 0.338 e. The van der Waals surface area contributed by atoms with Crippen LogP contribution in [0, 0.1) is 0 Å². The predicted octanol–water partition coefficient (Wildman–Crippen LogP) is 1.60. The zero-order chi connectivity index (χ0) is 14.0. The molecule has 0 saturated carbocycles. The van der Waals surface area contributed by atoms with Crippen molar-refractivity contribution in [2.24, 2.45) is 0 Å². The van der Waals surface area contributed by atoms with Gasteiger partial charge in [-0.2, -0.15) is 0 Å². The monoisotopic (exact) mass is 281 g/mol. The number of fused-ring (bicyclic) bond motifs is 1. The molecule has 0 aliphatic heterocycles. The second-order valence-electron chi connectivity index (χ2n) is 4.35. The second-order valence-corrected chi connectivity index (χ2v) is 5.26. The number of thiophene rings is 1. The molecule has 0 spiro atoms. The highest BCUT2D eigenvalue weighted by atomic mass is 32.1. The summed E-state index contributed by atoms with van der Waals surface area (Å²) in [6.07, 6.45) is 1.63. The molecule has 0 aliphatic rings. The molecule has 0 amide bonds. The van der Waals surface area contributed by atoms with Crippen molar-refractivity contribution in [3.8, 4) is 0 Å². The number of aromatic nitrogens is 2. The van der Waals surface area contributed by atoms with E-state index in [0.717, 1.165) is 4.70 Å². The molecule has 6 nitrogen and oxygen atoms in total. The summed E-state index contributed by atoms with van der Waals surface area (Å²) >= 11 is 1.31. The van der Waals surface area contributed by atoms with Crippen molar-refractivity contribution in [3.05, 3.63) is 17.1 Å². The Morgan fingerprint density at radius 2 is 2.26 bits per heavy atom. The largest absolute Gasteiger partial charge is 0.478 e. The summed E-state index contributed by atoms with van der Waals surface area (Å²) in [5, 5.41) is 19.7. The molecule has 2 rings (SSSR count). The Morgan fingerprint density at radius 3 is 2.84 bits per heavy atom. The van der Waals surface area contributed by atoms with Crippen molar-refractivity contribution in [3.63, 3.8) is 0 Å². The van der Waals surface area contributed by atoms with Gasteiger partial charge in [-0.05, 0) is 13.8 Å². The molecule has 0 bridgehead atoms. The van der Waals surface area contributed by atoms with Crippen LogP contribution in [-0.4, -0.2) is 45.3 Å². The molecule has 0 aliphatic carbocycles. The quantitative estimate of drug-likeness (QED) is 0.865. The maximum atomic E-state index is 11.1. The van der Waals surface area contributed by atoms with Gasteiger partial charge in [0.1, 0.15) is 5.52 Å². The molecule has 7 heteroatoms. The summed E-state index contributed by atoms with van der Waals surface area (Å²) in [7, 11) is 0. The molecule has 2 heterocycles. The lowest BCUT2D eigenvalue weighted by atomic mass is 10.3. The van der Waals surface area contributed by atoms with E-state index < -0.39 is 5.97 Å². The molecule has 0 aromatic carbocycles. The van der Waals surface area contributed by atoms with E-state index in [9.17, 15) is 4.79 Å². The van der Waals surface area contributed by atoms with E-state index in [-0.39, 0.29) is 18.2 Å². The summed E-state index contributed by atoms with van der Waals surface area (Å²) in [5.41, 5.74) is 0.641. The van der Waals surface area contributed by atoms with Crippen LogP contribution in [0.1, 0.15) is 24.2 Å². The molecule has 19 heavy (non-hydrogen) atoms. The van der Waals surface area contributed by atoms with Gasteiger partial charge in [0.2, 0.25) is 5.95 Å². The maximum absolute atomic E-state index is 11.1. The van der Waals surface area contributed by atoms with Gasteiger partial charge in [0.25, 0.3) is 0 Å². The highest BCUT2D eigenvalue weighted by Crippen LogP contribution is 2.25. The highest BCUT2D eigenvalue weighted by molar-refractivity contribution is 7.17. The summed E-state index contributed by atoms with van der Waals surface area (Å²) < 4.78 is 0.744. The molecule has 2 aromatic rings. The van der Waals surface area contributed by atoms with Gasteiger partial charge in [-0.15, -0.1) is 11.3 Å². The van der Waals surface area contributed by atoms with Gasteiger partial charge in [0.15, 0.2) is 0 Å². The number of hydrogen-bond donors (Lipinski definition) is 2. The lowest BCUT2D eigenvalue weighted by molar-refractivity contribution is 0.0699. The van der Waals surface area contributed by atoms with Crippen LogP contribution in [-0.2, 0) is 0 Å². The number of aliphatic hydroxyl groups excluding tert-OH is 1. The second kappa shape index (κ2) is 5.50. The van der Waals surface area contributed by atoms with E-state index in [2.05, 4.69) is 9.97 Å². The fraction of sp³-hybridized carbons (Fsp3) is 0.417. The lowest BCUT2D eigenvalue weighted by Gasteiger charge is -2.25. The Kier molecular flexibility index (Phi) is 3.96. The number of aliphatic hydroxyl groups is 1. The third-order valence-electron chi connectivity index (χ3n) is 2.75. The van der Waals surface area contributed by atoms with Gasteiger partial charge in [0.05, 0.1) is 23.1 Å². The SMILES string of the molecule is CC(C)N(CCO)c1ncc2scc(C(=O)O)c2n1. The molecular weight excluding hydrogens is 266 g/mol. The Labute approximate surface area is 114 Å². The van der Waals surface area contributed by atoms with Gasteiger partial charge in [-0.1, -0.05) is 0 Å². The highest BCUT2D eigenvalue weighted by Gasteiger charge is 2.17. The van der Waals surface area contributed by atoms with Crippen LogP contribution in [0.4, 0.5) is 5.95 Å². The minimum Gasteiger partial charge on any atom is -0.478 e. The van der Waals surface area contributed by atoms with Crippen LogP contribution in [0.5, 0.6) is 0 Å². The van der Waals surface area contributed by atoms with E-state index >= 15 is 0 Å². The molecule has 0 unspecified atom stereocenters. The Bertz CT molecular complexity index is 597. The predicted molar refractivity (Wildman–Crippen MR) is 73.9 cm³/mol. The first-order valence-electron chi connectivity index (χ1n) is 5.89. The van der Waals surface area contributed by atoms with Gasteiger partial charge in [-0.25, -0.2) is 14.8 Å². The summed E-state index contributed by atoms with van der Waals surface area (Å²) in [5.74, 6) is -0.549. The normalized spacial score (nSPS) is 11.2. The molecule has 0 fully saturated rings. The van der Waals surface area contributed by atoms with Crippen LogP contribution >= 0.6 is 11.3 Å². The van der Waals surface area contributed by atoms with Crippen molar-refractivity contribution in [2.45, 2.75) is 19.9 Å². The molecule has 0 atom stereocenters. The van der Waals surface area contributed by atoms with Gasteiger partial charge < -0.3 is 15.1 Å². The zero-order valence-corrected chi connectivity index (χ0v) is 11.5. The minimum atomic E-state index is -0.992. The molecule has 102 valence electrons. The first kappa shape index (κ1) is 13.7. The smallest absolute Gasteiger partial charge is 0.338 e. The number of aromatic carboxylic acids is 1. The number of anilines is 1. The number of carboxylic acid groups (broad SMARTS) is 1. The van der Waals surface area contributed by atoms with Crippen molar-refractivity contribution in [1.29, 1.82) is 0 Å². The van der Waals surface area contributed by atoms with Crippen LogP contribution in [0.3, 0.4) is 0 Å². The number of hydrogen-bond acceptors (Lipinski definition) is 6. The molecule has 0 saturated heterocycles. The third kappa shape index (κ3) is 2.66. The van der Waals surface area contributed by atoms with Crippen LogP contribution < -0.4 is 4.90 Å². The van der Waals surface area contributed by atoms with Gasteiger partial charge >= 0.3 is 5.97 Å². The van der Waals surface area contributed by atoms with Crippen molar-refractivity contribution in [1.82, 2.24) is 9.97 Å². The topological polar surface area (TPSA) is 86.5 Å². The number of carboxylic acids is 1. The Morgan fingerprint density at radius 1 is 1.53 bits per heavy atom. The van der Waals surface area contributed by atoms with E-state index in [0.29, 0.717) is 18.0 Å². The van der Waals surface area contributed by atoms with Gasteiger partial charge in [0, 0.05) is 18.0 Å². The van der Waals surface area contributed by atoms with Crippen molar-refractivity contribution < 1.29 is 15.0 Å². The minimum absolute atomic E-state index is 0.00496. The number of carbonyl (C=O) groups is 1. The van der Waals surface area contributed by atoms with E-state index in [1.54, 1.807) is 11.6 Å². The first-order chi connectivity index (χ1) is 9.04. The van der Waals surface area contributed by atoms with E-state index in [1.807, 2.05) is 18.7 Å². The van der Waals surface area contributed by atoms with Gasteiger partial charge in [-0.3, -0.25) is 0 Å². The molecule has 2 aromatic heterocycles. The number of rotatable bonds is 5. The number of nitrogens with zero attached hydrogens (tertiary/aromatic N) is 3.